The van der Waals surface area contributed by atoms with Crippen molar-refractivity contribution in [2.45, 2.75) is 0 Å². The maximum Gasteiger partial charge on any atom is 0.380 e. The average Bonchev–Trinajstić information content (AvgIpc) is 2.34. The van der Waals surface area contributed by atoms with Crippen molar-refractivity contribution in [1.82, 2.24) is 0 Å². The lowest BCUT2D eigenvalue weighted by molar-refractivity contribution is 0.192. The summed E-state index contributed by atoms with van der Waals surface area (Å²) >= 11 is 0. The van der Waals surface area contributed by atoms with Crippen molar-refractivity contribution >= 4 is 5.94 Å². The number of hydrogen-bond acceptors (Lipinski definition) is 4. The fourth-order valence-electron chi connectivity index (χ4n) is 0.421. The van der Waals surface area contributed by atoms with Gasteiger partial charge in [0.05, 0.1) is 6.54 Å². The summed E-state index contributed by atoms with van der Waals surface area (Å²) in [5.41, 5.74) is 5.13. The summed E-state index contributed by atoms with van der Waals surface area (Å²) in [6.45, 7) is 0.227. The Morgan fingerprint density at radius 2 is 2.56 bits per heavy atom. The molecule has 1 aliphatic heterocycles. The smallest absolute Gasteiger partial charge is 0.380 e. The van der Waals surface area contributed by atoms with Gasteiger partial charge >= 0.3 is 5.95 Å². The molecule has 9 heavy (non-hydrogen) atoms. The molecule has 1 heterocycles. The fourth-order valence-corrected chi connectivity index (χ4v) is 0.421. The molecule has 0 saturated carbocycles. The van der Waals surface area contributed by atoms with Crippen LogP contribution in [0.4, 0.5) is 0 Å². The van der Waals surface area contributed by atoms with Crippen LogP contribution in [0.2, 0.25) is 0 Å². The minimum Gasteiger partial charge on any atom is -0.422 e. The maximum absolute atomic E-state index is 9.78. The van der Waals surface area contributed by atoms with E-state index >= 15 is 0 Å². The molecule has 2 N–H and O–H groups in total. The highest BCUT2D eigenvalue weighted by Gasteiger charge is 2.11. The van der Waals surface area contributed by atoms with Gasteiger partial charge in [-0.2, -0.15) is 0 Å². The summed E-state index contributed by atoms with van der Waals surface area (Å²) < 4.78 is 9.20. The van der Waals surface area contributed by atoms with Crippen molar-refractivity contribution in [1.29, 1.82) is 0 Å². The van der Waals surface area contributed by atoms with Crippen LogP contribution < -0.4 is 5.73 Å². The molecule has 48 valence electrons. The van der Waals surface area contributed by atoms with Crippen molar-refractivity contribution in [2.75, 3.05) is 6.54 Å². The Balaban J connectivity index is 2.59. The Kier molecular flexibility index (Phi) is 1.53. The van der Waals surface area contributed by atoms with E-state index in [0.29, 0.717) is 5.76 Å². The molecule has 0 bridgehead atoms. The molecule has 0 aromatic carbocycles. The Morgan fingerprint density at radius 3 is 2.89 bits per heavy atom. The molecule has 0 atom stereocenters. The molecule has 4 nitrogen and oxygen atoms in total. The van der Waals surface area contributed by atoms with Crippen LogP contribution in [-0.2, 0) is 14.3 Å². The second kappa shape index (κ2) is 2.35. The van der Waals surface area contributed by atoms with E-state index in [2.05, 4.69) is 9.47 Å². The van der Waals surface area contributed by atoms with Crippen LogP contribution in [-0.4, -0.2) is 12.5 Å². The minimum absolute atomic E-state index is 0.171. The Labute approximate surface area is 51.5 Å². The predicted molar refractivity (Wildman–Crippen MR) is 28.5 cm³/mol. The summed E-state index contributed by atoms with van der Waals surface area (Å²) in [4.78, 5) is 9.78. The van der Waals surface area contributed by atoms with Crippen molar-refractivity contribution in [3.8, 4) is 0 Å². The molecule has 0 radical (unpaired) electrons. The number of rotatable bonds is 1. The van der Waals surface area contributed by atoms with Crippen molar-refractivity contribution in [3.63, 3.8) is 0 Å². The molecule has 0 aliphatic carbocycles. The molecule has 4 heteroatoms. The summed E-state index contributed by atoms with van der Waals surface area (Å²) in [5, 5.41) is 0. The zero-order valence-electron chi connectivity index (χ0n) is 4.59. The molecule has 1 aliphatic rings. The molecular weight excluding hydrogens is 122 g/mol. The quantitative estimate of drug-likeness (QED) is 0.482. The lowest BCUT2D eigenvalue weighted by Gasteiger charge is -1.91. The number of nitrogens with two attached hydrogens (primary N) is 1. The van der Waals surface area contributed by atoms with Crippen LogP contribution in [0.1, 0.15) is 0 Å². The van der Waals surface area contributed by atoms with E-state index in [9.17, 15) is 4.79 Å². The van der Waals surface area contributed by atoms with Gasteiger partial charge in [0.25, 0.3) is 0 Å². The first-order valence-corrected chi connectivity index (χ1v) is 2.35. The Morgan fingerprint density at radius 1 is 1.78 bits per heavy atom. The highest BCUT2D eigenvalue weighted by Crippen LogP contribution is 2.12. The van der Waals surface area contributed by atoms with E-state index in [-0.39, 0.29) is 12.5 Å². The van der Waals surface area contributed by atoms with Gasteiger partial charge in [-0.1, -0.05) is 0 Å². The third kappa shape index (κ3) is 1.10. The normalized spacial score (nSPS) is 15.7. The topological polar surface area (TPSA) is 61.5 Å². The lowest BCUT2D eigenvalue weighted by Crippen LogP contribution is -2.02. The van der Waals surface area contributed by atoms with Gasteiger partial charge in [-0.3, -0.25) is 0 Å². The van der Waals surface area contributed by atoms with Gasteiger partial charge < -0.3 is 15.2 Å². The Hall–Kier alpha value is -1.25. The highest BCUT2D eigenvalue weighted by molar-refractivity contribution is 5.48. The third-order valence-corrected chi connectivity index (χ3v) is 0.806. The number of hydrogen-bond donors (Lipinski definition) is 1. The van der Waals surface area contributed by atoms with Gasteiger partial charge in [0, 0.05) is 0 Å². The number of carbonyl (C=O) groups excluding carboxylic acids is 1. The minimum atomic E-state index is -0.171. The van der Waals surface area contributed by atoms with Gasteiger partial charge in [-0.15, -0.1) is 0 Å². The van der Waals surface area contributed by atoms with E-state index in [4.69, 9.17) is 5.73 Å². The van der Waals surface area contributed by atoms with E-state index in [0.717, 1.165) is 0 Å². The highest BCUT2D eigenvalue weighted by atomic mass is 16.7. The van der Waals surface area contributed by atoms with Crippen molar-refractivity contribution < 1.29 is 14.3 Å². The van der Waals surface area contributed by atoms with E-state index in [1.54, 1.807) is 0 Å². The number of ether oxygens (including phenoxy) is 2. The monoisotopic (exact) mass is 127 g/mol. The van der Waals surface area contributed by atoms with Crippen LogP contribution in [0, 0.1) is 0 Å². The van der Waals surface area contributed by atoms with E-state index < -0.39 is 0 Å². The third-order valence-electron chi connectivity index (χ3n) is 0.806. The Bertz CT molecular complexity index is 190. The second-order valence-electron chi connectivity index (χ2n) is 1.40. The summed E-state index contributed by atoms with van der Waals surface area (Å²) in [6, 6.07) is 0. The standard InChI is InChI=1S/C5H5NO3/c6-1-4-3-8-5(2-7)9-4/h3H,1,6H2. The first-order valence-electron chi connectivity index (χ1n) is 2.35. The molecule has 0 spiro atoms. The molecule has 0 aromatic heterocycles. The van der Waals surface area contributed by atoms with Crippen molar-refractivity contribution in [2.24, 2.45) is 5.73 Å². The van der Waals surface area contributed by atoms with Crippen molar-refractivity contribution in [3.05, 3.63) is 18.0 Å². The molecule has 0 fully saturated rings. The molecule has 1 rings (SSSR count). The second-order valence-corrected chi connectivity index (χ2v) is 1.40. The predicted octanol–water partition coefficient (Wildman–Crippen LogP) is -0.494. The zero-order chi connectivity index (χ0) is 6.69. The summed E-state index contributed by atoms with van der Waals surface area (Å²) in [6.07, 6.45) is 1.28. The van der Waals surface area contributed by atoms with E-state index in [1.165, 1.54) is 12.2 Å². The zero-order valence-corrected chi connectivity index (χ0v) is 4.59. The van der Waals surface area contributed by atoms with Crippen LogP contribution in [0.25, 0.3) is 0 Å². The fraction of sp³-hybridized carbons (Fsp3) is 0.200. The van der Waals surface area contributed by atoms with Gasteiger partial charge in [-0.05, 0) is 0 Å². The lowest BCUT2D eigenvalue weighted by atomic mass is 10.6. The molecule has 0 aromatic rings. The van der Waals surface area contributed by atoms with Crippen LogP contribution in [0.3, 0.4) is 0 Å². The van der Waals surface area contributed by atoms with Crippen LogP contribution >= 0.6 is 0 Å². The molecule has 0 saturated heterocycles. The maximum atomic E-state index is 9.78. The van der Waals surface area contributed by atoms with Gasteiger partial charge in [0.2, 0.25) is 5.94 Å². The first-order chi connectivity index (χ1) is 4.36. The molecular formula is C5H5NO3. The molecule has 0 amide bonds. The van der Waals surface area contributed by atoms with Gasteiger partial charge in [-0.25, -0.2) is 4.79 Å². The SMILES string of the molecule is NCC1=COC(=C=O)O1. The summed E-state index contributed by atoms with van der Waals surface area (Å²) in [5.74, 6) is 1.71. The van der Waals surface area contributed by atoms with Crippen LogP contribution in [0.15, 0.2) is 18.0 Å². The van der Waals surface area contributed by atoms with Gasteiger partial charge in [0.15, 0.2) is 5.76 Å². The first kappa shape index (κ1) is 5.88. The van der Waals surface area contributed by atoms with Gasteiger partial charge in [0.1, 0.15) is 6.26 Å². The van der Waals surface area contributed by atoms with Crippen LogP contribution in [0.5, 0.6) is 0 Å². The van der Waals surface area contributed by atoms with E-state index in [1.807, 2.05) is 0 Å². The largest absolute Gasteiger partial charge is 0.422 e. The molecule has 0 unspecified atom stereocenters. The average molecular weight is 127 g/mol. The summed E-state index contributed by atoms with van der Waals surface area (Å²) in [7, 11) is 0.